The van der Waals surface area contributed by atoms with Crippen LogP contribution in [0.1, 0.15) is 5.56 Å². The molecule has 1 atom stereocenters. The van der Waals surface area contributed by atoms with E-state index in [1.54, 1.807) is 25.4 Å². The first kappa shape index (κ1) is 14.9. The number of benzene rings is 1. The van der Waals surface area contributed by atoms with Crippen molar-refractivity contribution in [1.82, 2.24) is 4.90 Å². The van der Waals surface area contributed by atoms with E-state index in [1.807, 2.05) is 29.6 Å². The average molecular weight is 307 g/mol. The minimum atomic E-state index is -1.15. The Morgan fingerprint density at radius 1 is 1.15 bits per heavy atom. The van der Waals surface area contributed by atoms with Crippen LogP contribution in [0.15, 0.2) is 41.1 Å². The van der Waals surface area contributed by atoms with E-state index in [9.17, 15) is 9.00 Å². The van der Waals surface area contributed by atoms with E-state index in [1.165, 1.54) is 10.5 Å². The van der Waals surface area contributed by atoms with Gasteiger partial charge in [-0.25, -0.2) is 0 Å². The second-order valence-electron chi connectivity index (χ2n) is 4.73. The molecule has 3 nitrogen and oxygen atoms in total. The van der Waals surface area contributed by atoms with Crippen LogP contribution in [0.3, 0.4) is 0 Å². The normalized spacial score (nSPS) is 12.1. The molecule has 5 heteroatoms. The van der Waals surface area contributed by atoms with Crippen LogP contribution < -0.4 is 0 Å². The van der Waals surface area contributed by atoms with Crippen molar-refractivity contribution in [3.05, 3.63) is 46.7 Å². The molecule has 0 unspecified atom stereocenters. The number of hydrogen-bond acceptors (Lipinski definition) is 3. The zero-order valence-electron chi connectivity index (χ0n) is 11.5. The second-order valence-corrected chi connectivity index (χ2v) is 6.96. The van der Waals surface area contributed by atoms with Crippen LogP contribution in [0.4, 0.5) is 0 Å². The van der Waals surface area contributed by atoms with E-state index in [0.29, 0.717) is 5.75 Å². The highest BCUT2D eigenvalue weighted by Crippen LogP contribution is 2.22. The second kappa shape index (κ2) is 6.81. The molecule has 0 N–H and O–H groups in total. The van der Waals surface area contributed by atoms with Gasteiger partial charge in [0, 0.05) is 30.6 Å². The first-order chi connectivity index (χ1) is 9.56. The highest BCUT2D eigenvalue weighted by Gasteiger charge is 2.10. The summed E-state index contributed by atoms with van der Waals surface area (Å²) in [5.74, 6) is 0.404. The summed E-state index contributed by atoms with van der Waals surface area (Å²) in [6.45, 7) is 0. The Labute approximate surface area is 125 Å². The van der Waals surface area contributed by atoms with Crippen molar-refractivity contribution in [2.45, 2.75) is 5.75 Å². The molecular weight excluding hydrogens is 290 g/mol. The zero-order valence-corrected chi connectivity index (χ0v) is 13.2. The Bertz CT molecular complexity index is 589. The van der Waals surface area contributed by atoms with Crippen molar-refractivity contribution in [1.29, 1.82) is 0 Å². The zero-order chi connectivity index (χ0) is 14.5. The topological polar surface area (TPSA) is 37.4 Å². The van der Waals surface area contributed by atoms with Gasteiger partial charge in [-0.3, -0.25) is 9.00 Å². The lowest BCUT2D eigenvalue weighted by Gasteiger charge is -2.09. The molecule has 0 saturated heterocycles. The van der Waals surface area contributed by atoms with E-state index in [2.05, 4.69) is 11.4 Å². The van der Waals surface area contributed by atoms with Crippen LogP contribution in [-0.4, -0.2) is 34.9 Å². The molecule has 0 saturated carbocycles. The van der Waals surface area contributed by atoms with Gasteiger partial charge in [0.05, 0.1) is 0 Å². The highest BCUT2D eigenvalue weighted by molar-refractivity contribution is 7.84. The molecular formula is C15H17NO2S2. The molecule has 0 aliphatic heterocycles. The highest BCUT2D eigenvalue weighted by atomic mass is 32.2. The largest absolute Gasteiger partial charge is 0.348 e. The summed E-state index contributed by atoms with van der Waals surface area (Å²) in [5.41, 5.74) is 3.35. The molecule has 0 spiro atoms. The molecule has 1 amide bonds. The molecule has 0 bridgehead atoms. The molecule has 2 aromatic rings. The van der Waals surface area contributed by atoms with Gasteiger partial charge in [0.2, 0.25) is 5.91 Å². The first-order valence-electron chi connectivity index (χ1n) is 6.23. The van der Waals surface area contributed by atoms with Crippen molar-refractivity contribution in [3.63, 3.8) is 0 Å². The minimum absolute atomic E-state index is 0.0826. The number of nitrogens with zero attached hydrogens (tertiary/aromatic N) is 1. The lowest BCUT2D eigenvalue weighted by Crippen LogP contribution is -2.27. The summed E-state index contributed by atoms with van der Waals surface area (Å²) in [4.78, 5) is 13.0. The third-order valence-electron chi connectivity index (χ3n) is 2.92. The van der Waals surface area contributed by atoms with Crippen LogP contribution in [0.5, 0.6) is 0 Å². The predicted octanol–water partition coefficient (Wildman–Crippen LogP) is 2.75. The van der Waals surface area contributed by atoms with E-state index in [-0.39, 0.29) is 11.7 Å². The Balaban J connectivity index is 1.97. The van der Waals surface area contributed by atoms with Gasteiger partial charge in [0.15, 0.2) is 0 Å². The summed E-state index contributed by atoms with van der Waals surface area (Å²) >= 11 is 1.67. The number of rotatable bonds is 5. The van der Waals surface area contributed by atoms with Gasteiger partial charge < -0.3 is 4.90 Å². The summed E-state index contributed by atoms with van der Waals surface area (Å²) < 4.78 is 11.9. The monoisotopic (exact) mass is 307 g/mol. The quantitative estimate of drug-likeness (QED) is 0.852. The standard InChI is InChI=1S/C15H17NO2S2/c1-16(2)15(17)11-20(18)10-12-3-5-13(6-4-12)14-7-8-19-9-14/h3-9H,10-11H2,1-2H3/t20-/m1/s1. The SMILES string of the molecule is CN(C)C(=O)C[S@](=O)Cc1ccc(-c2ccsc2)cc1. The fourth-order valence-electron chi connectivity index (χ4n) is 1.73. The van der Waals surface area contributed by atoms with Crippen molar-refractivity contribution in [2.75, 3.05) is 19.8 Å². The Morgan fingerprint density at radius 3 is 2.40 bits per heavy atom. The smallest absolute Gasteiger partial charge is 0.234 e. The number of amides is 1. The average Bonchev–Trinajstić information content (AvgIpc) is 2.93. The molecule has 106 valence electrons. The van der Waals surface area contributed by atoms with Crippen molar-refractivity contribution in [3.8, 4) is 11.1 Å². The molecule has 1 aromatic heterocycles. The lowest BCUT2D eigenvalue weighted by molar-refractivity contribution is -0.125. The van der Waals surface area contributed by atoms with Gasteiger partial charge in [0.1, 0.15) is 5.75 Å². The van der Waals surface area contributed by atoms with E-state index in [4.69, 9.17) is 0 Å². The van der Waals surface area contributed by atoms with Crippen LogP contribution in [0.2, 0.25) is 0 Å². The molecule has 0 aliphatic rings. The molecule has 1 heterocycles. The maximum absolute atomic E-state index is 11.9. The summed E-state index contributed by atoms with van der Waals surface area (Å²) in [6, 6.07) is 10.1. The van der Waals surface area contributed by atoms with Gasteiger partial charge in [-0.2, -0.15) is 11.3 Å². The molecule has 0 aliphatic carbocycles. The Hall–Kier alpha value is -1.46. The van der Waals surface area contributed by atoms with Gasteiger partial charge in [-0.05, 0) is 33.5 Å². The molecule has 20 heavy (non-hydrogen) atoms. The molecule has 1 aromatic carbocycles. The van der Waals surface area contributed by atoms with Crippen molar-refractivity contribution < 1.29 is 9.00 Å². The van der Waals surface area contributed by atoms with Crippen LogP contribution in [0, 0.1) is 0 Å². The fraction of sp³-hybridized carbons (Fsp3) is 0.267. The summed E-state index contributed by atoms with van der Waals surface area (Å²) in [7, 11) is 2.20. The van der Waals surface area contributed by atoms with E-state index >= 15 is 0 Å². The van der Waals surface area contributed by atoms with Crippen molar-refractivity contribution >= 4 is 28.0 Å². The Kier molecular flexibility index (Phi) is 5.09. The van der Waals surface area contributed by atoms with Crippen LogP contribution in [-0.2, 0) is 21.3 Å². The number of carbonyl (C=O) groups excluding carboxylic acids is 1. The van der Waals surface area contributed by atoms with Gasteiger partial charge in [-0.1, -0.05) is 24.3 Å². The number of hydrogen-bond donors (Lipinski definition) is 0. The summed E-state index contributed by atoms with van der Waals surface area (Å²) in [5, 5.41) is 4.15. The van der Waals surface area contributed by atoms with E-state index in [0.717, 1.165) is 11.1 Å². The van der Waals surface area contributed by atoms with E-state index < -0.39 is 10.8 Å². The summed E-state index contributed by atoms with van der Waals surface area (Å²) in [6.07, 6.45) is 0. The van der Waals surface area contributed by atoms with Crippen molar-refractivity contribution in [2.24, 2.45) is 0 Å². The molecule has 0 fully saturated rings. The van der Waals surface area contributed by atoms with Gasteiger partial charge in [0.25, 0.3) is 0 Å². The minimum Gasteiger partial charge on any atom is -0.348 e. The van der Waals surface area contributed by atoms with Gasteiger partial charge >= 0.3 is 0 Å². The maximum atomic E-state index is 11.9. The number of carbonyl (C=O) groups is 1. The maximum Gasteiger partial charge on any atom is 0.234 e. The lowest BCUT2D eigenvalue weighted by atomic mass is 10.1. The fourth-order valence-corrected chi connectivity index (χ4v) is 3.59. The Morgan fingerprint density at radius 2 is 1.85 bits per heavy atom. The first-order valence-corrected chi connectivity index (χ1v) is 8.66. The predicted molar refractivity (Wildman–Crippen MR) is 85.2 cm³/mol. The van der Waals surface area contributed by atoms with Gasteiger partial charge in [-0.15, -0.1) is 0 Å². The number of thiophene rings is 1. The van der Waals surface area contributed by atoms with Crippen LogP contribution in [0.25, 0.3) is 11.1 Å². The third-order valence-corrected chi connectivity index (χ3v) is 4.83. The molecule has 2 rings (SSSR count). The van der Waals surface area contributed by atoms with Crippen LogP contribution >= 0.6 is 11.3 Å². The third kappa shape index (κ3) is 4.02. The molecule has 0 radical (unpaired) electrons.